The molecule has 0 saturated carbocycles. The maximum Gasteiger partial charge on any atom is 0.259 e. The van der Waals surface area contributed by atoms with Crippen LogP contribution in [0.2, 0.25) is 5.02 Å². The van der Waals surface area contributed by atoms with Gasteiger partial charge in [-0.1, -0.05) is 23.7 Å². The number of halogens is 2. The first-order chi connectivity index (χ1) is 12.4. The first-order valence-corrected chi connectivity index (χ1v) is 8.59. The van der Waals surface area contributed by atoms with Crippen LogP contribution in [-0.2, 0) is 0 Å². The number of fused-ring (bicyclic) bond motifs is 1. The van der Waals surface area contributed by atoms with Crippen LogP contribution < -0.4 is 10.9 Å². The van der Waals surface area contributed by atoms with Crippen LogP contribution >= 0.6 is 11.6 Å². The highest BCUT2D eigenvalue weighted by molar-refractivity contribution is 6.31. The molecule has 0 saturated heterocycles. The summed E-state index contributed by atoms with van der Waals surface area (Å²) in [4.78, 5) is 18.6. The first-order valence-electron chi connectivity index (χ1n) is 8.21. The third-order valence-electron chi connectivity index (χ3n) is 4.24. The maximum absolute atomic E-state index is 14.3. The van der Waals surface area contributed by atoms with Crippen LogP contribution in [0.1, 0.15) is 17.2 Å². The Morgan fingerprint density at radius 2 is 2.08 bits per heavy atom. The number of aryl methyl sites for hydroxylation is 1. The summed E-state index contributed by atoms with van der Waals surface area (Å²) in [6.07, 6.45) is 1.75. The van der Waals surface area contributed by atoms with Crippen molar-refractivity contribution in [2.75, 3.05) is 26.0 Å². The molecule has 0 bridgehead atoms. The van der Waals surface area contributed by atoms with Crippen molar-refractivity contribution in [3.05, 3.63) is 74.9 Å². The summed E-state index contributed by atoms with van der Waals surface area (Å²) in [6, 6.07) is 9.44. The lowest BCUT2D eigenvalue weighted by atomic mass is 10.1. The monoisotopic (exact) mass is 374 g/mol. The highest BCUT2D eigenvalue weighted by Crippen LogP contribution is 2.29. The topological polar surface area (TPSA) is 49.6 Å². The van der Waals surface area contributed by atoms with Gasteiger partial charge in [-0.25, -0.2) is 9.37 Å². The van der Waals surface area contributed by atoms with Gasteiger partial charge in [-0.3, -0.25) is 9.20 Å². The molecule has 0 radical (unpaired) electrons. The Kier molecular flexibility index (Phi) is 5.25. The zero-order valence-electron chi connectivity index (χ0n) is 14.8. The number of nitrogens with zero attached hydrogens (tertiary/aromatic N) is 3. The summed E-state index contributed by atoms with van der Waals surface area (Å²) >= 11 is 6.20. The minimum Gasteiger partial charge on any atom is -0.368 e. The van der Waals surface area contributed by atoms with E-state index in [1.165, 1.54) is 16.5 Å². The van der Waals surface area contributed by atoms with Gasteiger partial charge in [0.25, 0.3) is 5.56 Å². The second kappa shape index (κ2) is 7.43. The van der Waals surface area contributed by atoms with Gasteiger partial charge in [-0.05, 0) is 44.8 Å². The van der Waals surface area contributed by atoms with E-state index in [-0.39, 0.29) is 17.4 Å². The lowest BCUT2D eigenvalue weighted by Gasteiger charge is -2.26. The molecule has 136 valence electrons. The molecule has 0 amide bonds. The highest BCUT2D eigenvalue weighted by atomic mass is 35.5. The predicted octanol–water partition coefficient (Wildman–Crippen LogP) is 3.51. The molecule has 1 atom stereocenters. The zero-order chi connectivity index (χ0) is 18.8. The van der Waals surface area contributed by atoms with Gasteiger partial charge in [0.15, 0.2) is 0 Å². The molecular formula is C19H20ClFN4O. The van der Waals surface area contributed by atoms with E-state index >= 15 is 0 Å². The Hall–Kier alpha value is -2.44. The van der Waals surface area contributed by atoms with E-state index in [1.807, 2.05) is 32.0 Å². The van der Waals surface area contributed by atoms with E-state index in [0.717, 1.165) is 5.56 Å². The third-order valence-corrected chi connectivity index (χ3v) is 4.57. The van der Waals surface area contributed by atoms with Crippen LogP contribution in [0.15, 0.2) is 47.4 Å². The van der Waals surface area contributed by atoms with Gasteiger partial charge in [0.05, 0.1) is 6.04 Å². The van der Waals surface area contributed by atoms with Crippen LogP contribution in [0.3, 0.4) is 0 Å². The van der Waals surface area contributed by atoms with Crippen molar-refractivity contribution in [1.29, 1.82) is 0 Å². The molecule has 1 aromatic carbocycles. The molecule has 3 aromatic rings. The molecule has 0 fully saturated rings. The van der Waals surface area contributed by atoms with Crippen molar-refractivity contribution in [3.63, 3.8) is 0 Å². The predicted molar refractivity (Wildman–Crippen MR) is 103 cm³/mol. The highest BCUT2D eigenvalue weighted by Gasteiger charge is 2.21. The van der Waals surface area contributed by atoms with E-state index in [4.69, 9.17) is 11.6 Å². The van der Waals surface area contributed by atoms with Gasteiger partial charge in [0.1, 0.15) is 17.3 Å². The van der Waals surface area contributed by atoms with E-state index in [9.17, 15) is 9.18 Å². The summed E-state index contributed by atoms with van der Waals surface area (Å²) in [5, 5.41) is 3.50. The largest absolute Gasteiger partial charge is 0.368 e. The van der Waals surface area contributed by atoms with Crippen molar-refractivity contribution in [3.8, 4) is 0 Å². The van der Waals surface area contributed by atoms with E-state index in [0.29, 0.717) is 28.6 Å². The number of pyridine rings is 1. The normalized spacial score (nSPS) is 12.5. The minimum absolute atomic E-state index is 0.175. The Morgan fingerprint density at radius 1 is 1.31 bits per heavy atom. The molecule has 0 aliphatic rings. The number of aromatic nitrogens is 2. The number of hydrogen-bond acceptors (Lipinski definition) is 4. The number of likely N-dealkylation sites (N-methyl/N-ethyl adjacent to an activating group) is 1. The fourth-order valence-corrected chi connectivity index (χ4v) is 3.16. The van der Waals surface area contributed by atoms with E-state index in [2.05, 4.69) is 10.3 Å². The molecule has 1 N–H and O–H groups in total. The number of rotatable bonds is 5. The molecule has 5 nitrogen and oxygen atoms in total. The quantitative estimate of drug-likeness (QED) is 0.742. The Balaban J connectivity index is 1.90. The van der Waals surface area contributed by atoms with E-state index in [1.54, 1.807) is 24.4 Å². The number of nitrogens with one attached hydrogen (secondary N) is 1. The SMILES string of the molecule is Cc1ccc2nc(NC[C@@H](c3c(F)cccc3Cl)N(C)C)cc(=O)n2c1. The Labute approximate surface area is 156 Å². The fraction of sp³-hybridized carbons (Fsp3) is 0.263. The number of hydrogen-bond donors (Lipinski definition) is 1. The van der Waals surface area contributed by atoms with E-state index < -0.39 is 0 Å². The van der Waals surface area contributed by atoms with Crippen LogP contribution in [-0.4, -0.2) is 34.9 Å². The molecule has 2 heterocycles. The third kappa shape index (κ3) is 3.71. The Morgan fingerprint density at radius 3 is 2.77 bits per heavy atom. The van der Waals surface area contributed by atoms with Crippen molar-refractivity contribution in [2.45, 2.75) is 13.0 Å². The molecule has 26 heavy (non-hydrogen) atoms. The van der Waals surface area contributed by atoms with Gasteiger partial charge in [0, 0.05) is 29.4 Å². The van der Waals surface area contributed by atoms with Crippen molar-refractivity contribution in [2.24, 2.45) is 0 Å². The van der Waals surface area contributed by atoms with Crippen molar-refractivity contribution in [1.82, 2.24) is 14.3 Å². The molecule has 0 spiro atoms. The summed E-state index contributed by atoms with van der Waals surface area (Å²) in [7, 11) is 3.70. The molecular weight excluding hydrogens is 355 g/mol. The molecule has 3 rings (SSSR count). The summed E-state index contributed by atoms with van der Waals surface area (Å²) in [5.41, 5.74) is 1.77. The molecule has 0 unspecified atom stereocenters. The van der Waals surface area contributed by atoms with Gasteiger partial charge < -0.3 is 10.2 Å². The smallest absolute Gasteiger partial charge is 0.259 e. The van der Waals surface area contributed by atoms with Crippen molar-refractivity contribution < 1.29 is 4.39 Å². The average molecular weight is 375 g/mol. The van der Waals surface area contributed by atoms with Crippen LogP contribution in [0.5, 0.6) is 0 Å². The summed E-state index contributed by atoms with van der Waals surface area (Å²) < 4.78 is 15.8. The van der Waals surface area contributed by atoms with Crippen LogP contribution in [0.25, 0.3) is 5.65 Å². The first kappa shape index (κ1) is 18.4. The van der Waals surface area contributed by atoms with Gasteiger partial charge in [-0.2, -0.15) is 0 Å². The number of benzene rings is 1. The van der Waals surface area contributed by atoms with Gasteiger partial charge >= 0.3 is 0 Å². The maximum atomic E-state index is 14.3. The second-order valence-electron chi connectivity index (χ2n) is 6.41. The average Bonchev–Trinajstić information content (AvgIpc) is 2.58. The lowest BCUT2D eigenvalue weighted by molar-refractivity contribution is 0.304. The molecule has 0 aliphatic carbocycles. The molecule has 7 heteroatoms. The van der Waals surface area contributed by atoms with Crippen LogP contribution in [0, 0.1) is 12.7 Å². The molecule has 2 aromatic heterocycles. The lowest BCUT2D eigenvalue weighted by Crippen LogP contribution is -2.28. The van der Waals surface area contributed by atoms with Gasteiger partial charge in [0.2, 0.25) is 0 Å². The minimum atomic E-state index is -0.361. The van der Waals surface area contributed by atoms with Gasteiger partial charge in [-0.15, -0.1) is 0 Å². The fourth-order valence-electron chi connectivity index (χ4n) is 2.87. The summed E-state index contributed by atoms with van der Waals surface area (Å²) in [5.74, 6) is 0.0816. The van der Waals surface area contributed by atoms with Crippen LogP contribution in [0.4, 0.5) is 10.2 Å². The summed E-state index contributed by atoms with van der Waals surface area (Å²) in [6.45, 7) is 2.26. The van der Waals surface area contributed by atoms with Crippen molar-refractivity contribution >= 4 is 23.1 Å². The Bertz CT molecular complexity index is 982. The second-order valence-corrected chi connectivity index (χ2v) is 6.82. The zero-order valence-corrected chi connectivity index (χ0v) is 15.6. The number of anilines is 1. The standard InChI is InChI=1S/C19H20ClFN4O/c1-12-7-8-17-23-16(9-18(26)25(17)11-12)22-10-15(24(2)3)19-13(20)5-4-6-14(19)21/h4-9,11,15,22H,10H2,1-3H3/t15-/m0/s1. The molecule has 0 aliphatic heterocycles.